The number of halogens is 3. The summed E-state index contributed by atoms with van der Waals surface area (Å²) in [5.74, 6) is 0.247. The minimum atomic E-state index is -3.70. The van der Waals surface area contributed by atoms with Crippen LogP contribution in [0.2, 0.25) is 15.1 Å². The molecule has 1 unspecified atom stereocenters. The molecule has 8 nitrogen and oxygen atoms in total. The molecule has 1 heterocycles. The van der Waals surface area contributed by atoms with Crippen LogP contribution in [0.1, 0.15) is 20.8 Å². The quantitative estimate of drug-likeness (QED) is 0.146. The molecule has 1 atom stereocenters. The lowest BCUT2D eigenvalue weighted by Gasteiger charge is -2.18. The molecule has 1 N–H and O–H groups in total. The summed E-state index contributed by atoms with van der Waals surface area (Å²) in [5, 5.41) is 3.42. The zero-order valence-electron chi connectivity index (χ0n) is 22.1. The number of carbonyl (C=O) groups excluding carboxylic acids is 1. The summed E-state index contributed by atoms with van der Waals surface area (Å²) >= 11 is 19.6. The molecular formula is C27H27Cl3N4O4S2. The van der Waals surface area contributed by atoms with E-state index in [2.05, 4.69) is 5.32 Å². The molecule has 40 heavy (non-hydrogen) atoms. The van der Waals surface area contributed by atoms with Crippen molar-refractivity contribution in [2.45, 2.75) is 36.1 Å². The van der Waals surface area contributed by atoms with Crippen molar-refractivity contribution in [2.75, 3.05) is 25.5 Å². The molecule has 0 saturated heterocycles. The third-order valence-corrected chi connectivity index (χ3v) is 10.3. The van der Waals surface area contributed by atoms with Crippen molar-refractivity contribution in [1.29, 1.82) is 0 Å². The first-order valence-corrected chi connectivity index (χ1v) is 15.7. The molecule has 3 aromatic carbocycles. The first-order chi connectivity index (χ1) is 19.0. The number of anilines is 1. The van der Waals surface area contributed by atoms with E-state index in [9.17, 15) is 13.2 Å². The fourth-order valence-corrected chi connectivity index (χ4v) is 7.11. The number of thioether (sulfide) groups is 1. The smallest absolute Gasteiger partial charge is 0.243 e. The number of rotatable bonds is 10. The van der Waals surface area contributed by atoms with Gasteiger partial charge in [0.1, 0.15) is 5.75 Å². The van der Waals surface area contributed by atoms with E-state index < -0.39 is 15.3 Å². The molecule has 4 aromatic rings. The van der Waals surface area contributed by atoms with Gasteiger partial charge in [0.25, 0.3) is 0 Å². The van der Waals surface area contributed by atoms with Gasteiger partial charge in [-0.25, -0.2) is 13.4 Å². The van der Waals surface area contributed by atoms with Crippen molar-refractivity contribution >= 4 is 79.2 Å². The fraction of sp³-hybridized carbons (Fsp3) is 0.259. The van der Waals surface area contributed by atoms with Gasteiger partial charge in [-0.1, -0.05) is 72.5 Å². The predicted octanol–water partition coefficient (Wildman–Crippen LogP) is 7.14. The summed E-state index contributed by atoms with van der Waals surface area (Å²) in [5.41, 5.74) is 2.14. The van der Waals surface area contributed by atoms with Crippen LogP contribution in [0.5, 0.6) is 5.75 Å². The second-order valence-electron chi connectivity index (χ2n) is 8.64. The van der Waals surface area contributed by atoms with Gasteiger partial charge in [0.2, 0.25) is 15.9 Å². The second-order valence-corrected chi connectivity index (χ2v) is 13.1. The van der Waals surface area contributed by atoms with Gasteiger partial charge in [0.15, 0.2) is 5.16 Å². The topological polar surface area (TPSA) is 93.5 Å². The number of imidazole rings is 1. The molecule has 0 bridgehead atoms. The summed E-state index contributed by atoms with van der Waals surface area (Å²) in [6, 6.07) is 15.2. The van der Waals surface area contributed by atoms with Crippen LogP contribution < -0.4 is 10.1 Å². The van der Waals surface area contributed by atoms with Gasteiger partial charge in [0, 0.05) is 13.1 Å². The molecule has 212 valence electrons. The van der Waals surface area contributed by atoms with Gasteiger partial charge in [-0.3, -0.25) is 9.36 Å². The number of aromatic nitrogens is 2. The van der Waals surface area contributed by atoms with Crippen molar-refractivity contribution in [3.63, 3.8) is 0 Å². The number of amides is 1. The summed E-state index contributed by atoms with van der Waals surface area (Å²) in [6.45, 7) is 6.02. The number of nitrogens with zero attached hydrogens (tertiary/aromatic N) is 3. The Morgan fingerprint density at radius 2 is 1.73 bits per heavy atom. The third-order valence-electron chi connectivity index (χ3n) is 6.18. The van der Waals surface area contributed by atoms with E-state index in [1.807, 2.05) is 28.8 Å². The van der Waals surface area contributed by atoms with Crippen LogP contribution in [-0.4, -0.2) is 53.6 Å². The van der Waals surface area contributed by atoms with Crippen molar-refractivity contribution in [1.82, 2.24) is 13.9 Å². The summed E-state index contributed by atoms with van der Waals surface area (Å²) < 4.78 is 35.2. The largest absolute Gasteiger partial charge is 0.495 e. The zero-order valence-corrected chi connectivity index (χ0v) is 26.0. The second kappa shape index (κ2) is 12.6. The summed E-state index contributed by atoms with van der Waals surface area (Å²) in [7, 11) is -2.13. The lowest BCUT2D eigenvalue weighted by Crippen LogP contribution is -2.30. The number of hydrogen-bond acceptors (Lipinski definition) is 6. The number of fused-ring (bicyclic) bond motifs is 1. The van der Waals surface area contributed by atoms with E-state index in [4.69, 9.17) is 44.5 Å². The van der Waals surface area contributed by atoms with E-state index in [-0.39, 0.29) is 25.9 Å². The summed E-state index contributed by atoms with van der Waals surface area (Å²) in [4.78, 5) is 18.1. The molecule has 0 radical (unpaired) electrons. The molecule has 4 rings (SSSR count). The molecule has 0 aliphatic heterocycles. The molecule has 0 aliphatic rings. The van der Waals surface area contributed by atoms with E-state index >= 15 is 0 Å². The molecule has 0 aliphatic carbocycles. The highest BCUT2D eigenvalue weighted by atomic mass is 35.5. The maximum Gasteiger partial charge on any atom is 0.243 e. The number of ether oxygens (including phenoxy) is 1. The molecule has 0 fully saturated rings. The van der Waals surface area contributed by atoms with Gasteiger partial charge in [-0.2, -0.15) is 4.31 Å². The van der Waals surface area contributed by atoms with Crippen molar-refractivity contribution < 1.29 is 17.9 Å². The van der Waals surface area contributed by atoms with Crippen LogP contribution in [0.4, 0.5) is 5.69 Å². The average molecular weight is 642 g/mol. The van der Waals surface area contributed by atoms with Gasteiger partial charge >= 0.3 is 0 Å². The van der Waals surface area contributed by atoms with Crippen molar-refractivity contribution in [3.8, 4) is 11.4 Å². The summed E-state index contributed by atoms with van der Waals surface area (Å²) in [6.07, 6.45) is 0. The van der Waals surface area contributed by atoms with Gasteiger partial charge in [-0.15, -0.1) is 0 Å². The Labute approximate surface area is 252 Å². The standard InChI is InChI=1S/C27H27Cl3N4O4S2/c1-5-33(6-2)40(36,37)17-11-12-23-22(13-17)32-27(34(23)24-9-7-8-10-25(24)38-4)39-16(3)26(35)31-21-15-19(29)18(28)14-20(21)30/h7-16H,5-6H2,1-4H3,(H,31,35). The average Bonchev–Trinajstić information content (AvgIpc) is 3.28. The normalized spacial score (nSPS) is 12.6. The minimum Gasteiger partial charge on any atom is -0.495 e. The van der Waals surface area contributed by atoms with Crippen LogP contribution >= 0.6 is 46.6 Å². The fourth-order valence-electron chi connectivity index (χ4n) is 4.10. The third kappa shape index (κ3) is 6.07. The lowest BCUT2D eigenvalue weighted by molar-refractivity contribution is -0.115. The van der Waals surface area contributed by atoms with Gasteiger partial charge in [-0.05, 0) is 49.4 Å². The van der Waals surface area contributed by atoms with Gasteiger partial charge in [0.05, 0.1) is 54.7 Å². The van der Waals surface area contributed by atoms with E-state index in [1.165, 1.54) is 28.2 Å². The minimum absolute atomic E-state index is 0.143. The van der Waals surface area contributed by atoms with Crippen molar-refractivity contribution in [3.05, 3.63) is 69.7 Å². The van der Waals surface area contributed by atoms with Crippen LogP contribution in [0.15, 0.2) is 64.6 Å². The SMILES string of the molecule is CCN(CC)S(=O)(=O)c1ccc2c(c1)nc(SC(C)C(=O)Nc1cc(Cl)c(Cl)cc1Cl)n2-c1ccccc1OC. The molecule has 0 spiro atoms. The van der Waals surface area contributed by atoms with E-state index in [1.54, 1.807) is 46.1 Å². The highest BCUT2D eigenvalue weighted by molar-refractivity contribution is 8.00. The van der Waals surface area contributed by atoms with Crippen LogP contribution in [0, 0.1) is 0 Å². The molecule has 1 aromatic heterocycles. The Kier molecular flexibility index (Phi) is 9.59. The number of hydrogen-bond donors (Lipinski definition) is 1. The number of methoxy groups -OCH3 is 1. The zero-order chi connectivity index (χ0) is 29.2. The van der Waals surface area contributed by atoms with Crippen LogP contribution in [0.3, 0.4) is 0 Å². The van der Waals surface area contributed by atoms with E-state index in [0.29, 0.717) is 46.4 Å². The first kappa shape index (κ1) is 30.5. The van der Waals surface area contributed by atoms with Crippen LogP contribution in [0.25, 0.3) is 16.7 Å². The number of nitrogens with one attached hydrogen (secondary N) is 1. The van der Waals surface area contributed by atoms with Gasteiger partial charge < -0.3 is 10.1 Å². The Bertz CT molecular complexity index is 1670. The Morgan fingerprint density at radius 1 is 1.05 bits per heavy atom. The molecular weight excluding hydrogens is 615 g/mol. The monoisotopic (exact) mass is 640 g/mol. The maximum atomic E-state index is 13.2. The molecule has 0 saturated carbocycles. The Balaban J connectivity index is 1.77. The Morgan fingerprint density at radius 3 is 2.40 bits per heavy atom. The number of carbonyl (C=O) groups is 1. The maximum absolute atomic E-state index is 13.2. The number of para-hydroxylation sites is 2. The Hall–Kier alpha value is -2.47. The molecule has 1 amide bonds. The lowest BCUT2D eigenvalue weighted by atomic mass is 10.2. The highest BCUT2D eigenvalue weighted by Crippen LogP contribution is 2.36. The van der Waals surface area contributed by atoms with E-state index in [0.717, 1.165) is 0 Å². The predicted molar refractivity (Wildman–Crippen MR) is 163 cm³/mol. The number of sulfonamides is 1. The molecule has 13 heteroatoms. The number of benzene rings is 3. The van der Waals surface area contributed by atoms with Crippen LogP contribution in [-0.2, 0) is 14.8 Å². The van der Waals surface area contributed by atoms with Crippen molar-refractivity contribution in [2.24, 2.45) is 0 Å². The first-order valence-electron chi connectivity index (χ1n) is 12.3. The highest BCUT2D eigenvalue weighted by Gasteiger charge is 2.26.